The number of likely N-dealkylation sites (N-methyl/N-ethyl adjacent to an activating group) is 1. The molecular formula is C15H21N3O2. The maximum atomic E-state index is 11.9. The van der Waals surface area contributed by atoms with Gasteiger partial charge in [-0.3, -0.25) is 9.78 Å². The van der Waals surface area contributed by atoms with Crippen molar-refractivity contribution >= 4 is 5.91 Å². The van der Waals surface area contributed by atoms with E-state index in [9.17, 15) is 4.79 Å². The summed E-state index contributed by atoms with van der Waals surface area (Å²) < 4.78 is 6.02. The predicted octanol–water partition coefficient (Wildman–Crippen LogP) is 0.922. The number of likely N-dealkylation sites (tertiary alicyclic amines) is 1. The molecule has 2 fully saturated rings. The van der Waals surface area contributed by atoms with Crippen molar-refractivity contribution in [1.82, 2.24) is 15.2 Å². The Balaban J connectivity index is 1.43. The molecule has 1 unspecified atom stereocenters. The summed E-state index contributed by atoms with van der Waals surface area (Å²) in [6, 6.07) is 3.55. The molecule has 1 atom stereocenters. The van der Waals surface area contributed by atoms with Crippen LogP contribution in [-0.2, 0) is 4.74 Å². The molecule has 0 bridgehead atoms. The molecule has 2 saturated heterocycles. The zero-order valence-corrected chi connectivity index (χ0v) is 11.8. The summed E-state index contributed by atoms with van der Waals surface area (Å²) in [7, 11) is 2.12. The molecule has 1 aromatic rings. The summed E-state index contributed by atoms with van der Waals surface area (Å²) in [4.78, 5) is 18.2. The first-order chi connectivity index (χ1) is 9.67. The quantitative estimate of drug-likeness (QED) is 0.891. The smallest absolute Gasteiger partial charge is 0.252 e. The zero-order chi connectivity index (χ0) is 14.0. The number of nitrogens with zero attached hydrogens (tertiary/aromatic N) is 2. The molecule has 5 nitrogen and oxygen atoms in total. The Morgan fingerprint density at radius 2 is 2.45 bits per heavy atom. The van der Waals surface area contributed by atoms with Crippen LogP contribution >= 0.6 is 0 Å². The van der Waals surface area contributed by atoms with Crippen LogP contribution in [-0.4, -0.2) is 54.7 Å². The van der Waals surface area contributed by atoms with Crippen molar-refractivity contribution in [2.75, 3.05) is 33.3 Å². The highest BCUT2D eigenvalue weighted by Crippen LogP contribution is 2.34. The summed E-state index contributed by atoms with van der Waals surface area (Å²) in [5.74, 6) is 0.369. The Morgan fingerprint density at radius 1 is 1.60 bits per heavy atom. The van der Waals surface area contributed by atoms with Crippen LogP contribution in [0.1, 0.15) is 23.2 Å². The monoisotopic (exact) mass is 275 g/mol. The van der Waals surface area contributed by atoms with Crippen molar-refractivity contribution < 1.29 is 9.53 Å². The van der Waals surface area contributed by atoms with E-state index in [4.69, 9.17) is 4.74 Å². The molecule has 2 aliphatic rings. The average molecular weight is 275 g/mol. The van der Waals surface area contributed by atoms with Gasteiger partial charge in [0.05, 0.1) is 17.8 Å². The van der Waals surface area contributed by atoms with E-state index in [-0.39, 0.29) is 11.5 Å². The van der Waals surface area contributed by atoms with Gasteiger partial charge in [0.25, 0.3) is 5.91 Å². The van der Waals surface area contributed by atoms with E-state index in [0.29, 0.717) is 18.0 Å². The molecule has 0 radical (unpaired) electrons. The second kappa shape index (κ2) is 5.50. The first-order valence-corrected chi connectivity index (χ1v) is 7.18. The van der Waals surface area contributed by atoms with Crippen LogP contribution in [0.3, 0.4) is 0 Å². The van der Waals surface area contributed by atoms with E-state index in [0.717, 1.165) is 32.5 Å². The summed E-state index contributed by atoms with van der Waals surface area (Å²) in [6.45, 7) is 3.52. The molecule has 1 N–H and O–H groups in total. The number of nitrogens with one attached hydrogen (secondary N) is 1. The lowest BCUT2D eigenvalue weighted by Crippen LogP contribution is -2.63. The van der Waals surface area contributed by atoms with Gasteiger partial charge in [0.15, 0.2) is 0 Å². The standard InChI is InChI=1S/C15H21N3O2/c1-18-10-15(11-18)5-4-12(9-20-15)7-17-14(19)13-3-2-6-16-8-13/h2-3,6,8,12H,4-5,7,9-11H2,1H3,(H,17,19). The highest BCUT2D eigenvalue weighted by Gasteiger charge is 2.44. The normalized spacial score (nSPS) is 25.1. The number of ether oxygens (including phenoxy) is 1. The minimum Gasteiger partial charge on any atom is -0.372 e. The van der Waals surface area contributed by atoms with Crippen LogP contribution < -0.4 is 5.32 Å². The molecule has 1 amide bonds. The summed E-state index contributed by atoms with van der Waals surface area (Å²) in [5, 5.41) is 2.97. The van der Waals surface area contributed by atoms with Crippen LogP contribution in [0, 0.1) is 5.92 Å². The topological polar surface area (TPSA) is 54.5 Å². The van der Waals surface area contributed by atoms with Crippen molar-refractivity contribution in [2.45, 2.75) is 18.4 Å². The molecule has 1 spiro atoms. The summed E-state index contributed by atoms with van der Waals surface area (Å²) >= 11 is 0. The number of rotatable bonds is 3. The zero-order valence-electron chi connectivity index (χ0n) is 11.8. The van der Waals surface area contributed by atoms with Crippen molar-refractivity contribution in [1.29, 1.82) is 0 Å². The van der Waals surface area contributed by atoms with Crippen molar-refractivity contribution in [3.8, 4) is 0 Å². The fraction of sp³-hybridized carbons (Fsp3) is 0.600. The van der Waals surface area contributed by atoms with Crippen LogP contribution in [0.4, 0.5) is 0 Å². The second-order valence-corrected chi connectivity index (χ2v) is 6.02. The first-order valence-electron chi connectivity index (χ1n) is 7.18. The van der Waals surface area contributed by atoms with Gasteiger partial charge in [0.2, 0.25) is 0 Å². The Labute approximate surface area is 119 Å². The fourth-order valence-electron chi connectivity index (χ4n) is 3.10. The van der Waals surface area contributed by atoms with Crippen LogP contribution in [0.2, 0.25) is 0 Å². The van der Waals surface area contributed by atoms with Gasteiger partial charge in [0, 0.05) is 32.0 Å². The highest BCUT2D eigenvalue weighted by molar-refractivity contribution is 5.93. The second-order valence-electron chi connectivity index (χ2n) is 6.02. The third-order valence-corrected chi connectivity index (χ3v) is 4.22. The van der Waals surface area contributed by atoms with Crippen molar-refractivity contribution in [3.05, 3.63) is 30.1 Å². The van der Waals surface area contributed by atoms with E-state index in [1.54, 1.807) is 24.5 Å². The van der Waals surface area contributed by atoms with Gasteiger partial charge >= 0.3 is 0 Å². The van der Waals surface area contributed by atoms with E-state index in [1.807, 2.05) is 0 Å². The molecule has 3 heterocycles. The minimum atomic E-state index is -0.0539. The van der Waals surface area contributed by atoms with Gasteiger partial charge in [-0.1, -0.05) is 0 Å². The van der Waals surface area contributed by atoms with Gasteiger partial charge in [0.1, 0.15) is 0 Å². The van der Waals surface area contributed by atoms with E-state index in [1.165, 1.54) is 0 Å². The van der Waals surface area contributed by atoms with Crippen molar-refractivity contribution in [2.24, 2.45) is 5.92 Å². The molecule has 5 heteroatoms. The lowest BCUT2D eigenvalue weighted by atomic mass is 9.83. The molecule has 108 valence electrons. The number of carbonyl (C=O) groups is 1. The largest absolute Gasteiger partial charge is 0.372 e. The predicted molar refractivity (Wildman–Crippen MR) is 75.5 cm³/mol. The Hall–Kier alpha value is -1.46. The van der Waals surface area contributed by atoms with E-state index in [2.05, 4.69) is 22.2 Å². The van der Waals surface area contributed by atoms with Crippen LogP contribution in [0.25, 0.3) is 0 Å². The van der Waals surface area contributed by atoms with Gasteiger partial charge in [-0.2, -0.15) is 0 Å². The van der Waals surface area contributed by atoms with Crippen LogP contribution in [0.5, 0.6) is 0 Å². The number of carbonyl (C=O) groups excluding carboxylic acids is 1. The molecule has 0 saturated carbocycles. The third kappa shape index (κ3) is 2.83. The minimum absolute atomic E-state index is 0.0539. The van der Waals surface area contributed by atoms with E-state index >= 15 is 0 Å². The number of hydrogen-bond donors (Lipinski definition) is 1. The summed E-state index contributed by atoms with van der Waals surface area (Å²) in [6.07, 6.45) is 5.48. The third-order valence-electron chi connectivity index (χ3n) is 4.22. The molecule has 0 aromatic carbocycles. The molecule has 1 aromatic heterocycles. The van der Waals surface area contributed by atoms with Crippen molar-refractivity contribution in [3.63, 3.8) is 0 Å². The molecule has 0 aliphatic carbocycles. The molecule has 2 aliphatic heterocycles. The number of hydrogen-bond acceptors (Lipinski definition) is 4. The Kier molecular flexibility index (Phi) is 3.72. The van der Waals surface area contributed by atoms with Gasteiger partial charge in [-0.25, -0.2) is 0 Å². The molecule has 20 heavy (non-hydrogen) atoms. The summed E-state index contributed by atoms with van der Waals surface area (Å²) in [5.41, 5.74) is 0.722. The Bertz CT molecular complexity index is 461. The van der Waals surface area contributed by atoms with Gasteiger partial charge < -0.3 is 15.0 Å². The van der Waals surface area contributed by atoms with Gasteiger partial charge in [-0.15, -0.1) is 0 Å². The maximum Gasteiger partial charge on any atom is 0.252 e. The van der Waals surface area contributed by atoms with Crippen LogP contribution in [0.15, 0.2) is 24.5 Å². The maximum absolute atomic E-state index is 11.9. The number of amides is 1. The van der Waals surface area contributed by atoms with E-state index < -0.39 is 0 Å². The average Bonchev–Trinajstić information content (AvgIpc) is 2.46. The number of pyridine rings is 1. The molecular weight excluding hydrogens is 254 g/mol. The molecule has 3 rings (SSSR count). The lowest BCUT2D eigenvalue weighted by molar-refractivity contribution is -0.172. The first kappa shape index (κ1) is 13.5. The Morgan fingerprint density at radius 3 is 3.05 bits per heavy atom. The SMILES string of the molecule is CN1CC2(CCC(CNC(=O)c3cccnc3)CO2)C1. The lowest BCUT2D eigenvalue weighted by Gasteiger charge is -2.51. The van der Waals surface area contributed by atoms with Gasteiger partial charge in [-0.05, 0) is 37.9 Å². The highest BCUT2D eigenvalue weighted by atomic mass is 16.5. The number of aromatic nitrogens is 1. The fourth-order valence-corrected chi connectivity index (χ4v) is 3.10.